The lowest BCUT2D eigenvalue weighted by atomic mass is 9.96. The van der Waals surface area contributed by atoms with Gasteiger partial charge in [0.1, 0.15) is 0 Å². The largest absolute Gasteiger partial charge is 0.369 e. The Morgan fingerprint density at radius 1 is 1.21 bits per heavy atom. The number of hydrogen-bond donors (Lipinski definition) is 2. The van der Waals surface area contributed by atoms with Gasteiger partial charge in [-0.1, -0.05) is 31.2 Å². The number of rotatable bonds is 9. The number of unbranched alkanes of at least 4 members (excludes halogenated alkanes) is 1. The molecule has 0 spiro atoms. The lowest BCUT2D eigenvalue weighted by Gasteiger charge is -2.30. The first kappa shape index (κ1) is 25.7. The molecule has 0 bridgehead atoms. The van der Waals surface area contributed by atoms with Crippen molar-refractivity contribution >= 4 is 35.8 Å². The molecule has 0 saturated carbocycles. The molecule has 0 unspecified atom stereocenters. The van der Waals surface area contributed by atoms with Crippen LogP contribution in [0.5, 0.6) is 0 Å². The zero-order valence-electron chi connectivity index (χ0n) is 18.2. The van der Waals surface area contributed by atoms with E-state index in [4.69, 9.17) is 5.73 Å². The highest BCUT2D eigenvalue weighted by molar-refractivity contribution is 14.0. The van der Waals surface area contributed by atoms with Crippen molar-refractivity contribution in [2.75, 3.05) is 40.3 Å². The van der Waals surface area contributed by atoms with Crippen molar-refractivity contribution in [3.05, 3.63) is 35.4 Å². The molecule has 164 valence electrons. The Hall–Kier alpha value is -1.35. The van der Waals surface area contributed by atoms with Crippen LogP contribution >= 0.6 is 24.0 Å². The third-order valence-corrected chi connectivity index (χ3v) is 5.60. The Morgan fingerprint density at radius 2 is 1.83 bits per heavy atom. The summed E-state index contributed by atoms with van der Waals surface area (Å²) < 4.78 is 0. The van der Waals surface area contributed by atoms with E-state index < -0.39 is 0 Å². The van der Waals surface area contributed by atoms with Gasteiger partial charge in [-0.15, -0.1) is 24.0 Å². The third kappa shape index (κ3) is 8.90. The number of nitrogens with two attached hydrogens (primary N) is 1. The molecule has 1 aliphatic rings. The molecule has 1 amide bonds. The third-order valence-electron chi connectivity index (χ3n) is 5.60. The fourth-order valence-electron chi connectivity index (χ4n) is 3.72. The van der Waals surface area contributed by atoms with Crippen molar-refractivity contribution in [1.29, 1.82) is 0 Å². The quantitative estimate of drug-likeness (QED) is 0.230. The summed E-state index contributed by atoms with van der Waals surface area (Å²) in [5.41, 5.74) is 8.06. The van der Waals surface area contributed by atoms with E-state index in [1.165, 1.54) is 11.1 Å². The van der Waals surface area contributed by atoms with Crippen molar-refractivity contribution in [1.82, 2.24) is 15.1 Å². The number of primary amides is 1. The van der Waals surface area contributed by atoms with Crippen molar-refractivity contribution in [2.24, 2.45) is 16.6 Å². The molecule has 1 aromatic rings. The van der Waals surface area contributed by atoms with Crippen LogP contribution in [0.1, 0.15) is 43.7 Å². The summed E-state index contributed by atoms with van der Waals surface area (Å²) in [6.45, 7) is 7.01. The van der Waals surface area contributed by atoms with Crippen molar-refractivity contribution in [2.45, 2.75) is 45.6 Å². The molecule has 1 saturated heterocycles. The van der Waals surface area contributed by atoms with E-state index in [1.807, 2.05) is 7.05 Å². The van der Waals surface area contributed by atoms with Gasteiger partial charge in [0.05, 0.1) is 0 Å². The van der Waals surface area contributed by atoms with Crippen LogP contribution in [-0.2, 0) is 17.8 Å². The number of aryl methyl sites for hydroxylation is 1. The molecule has 2 rings (SSSR count). The SMILES string of the molecule is CCc1ccc(CN(C)C(=NC)NCCCCN2CCC(C(N)=O)CC2)cc1.I. The van der Waals surface area contributed by atoms with Gasteiger partial charge in [0.15, 0.2) is 5.96 Å². The van der Waals surface area contributed by atoms with Gasteiger partial charge in [0, 0.05) is 33.1 Å². The fourth-order valence-corrected chi connectivity index (χ4v) is 3.72. The zero-order chi connectivity index (χ0) is 20.4. The Kier molecular flexibility index (Phi) is 12.2. The number of piperidine rings is 1. The maximum Gasteiger partial charge on any atom is 0.220 e. The zero-order valence-corrected chi connectivity index (χ0v) is 20.5. The van der Waals surface area contributed by atoms with Crippen LogP contribution in [0.15, 0.2) is 29.3 Å². The highest BCUT2D eigenvalue weighted by Gasteiger charge is 2.22. The van der Waals surface area contributed by atoms with Gasteiger partial charge in [-0.25, -0.2) is 0 Å². The summed E-state index contributed by atoms with van der Waals surface area (Å²) in [4.78, 5) is 20.2. The summed E-state index contributed by atoms with van der Waals surface area (Å²) >= 11 is 0. The number of carbonyl (C=O) groups excluding carboxylic acids is 1. The second kappa shape index (κ2) is 13.8. The van der Waals surface area contributed by atoms with E-state index in [9.17, 15) is 4.79 Å². The van der Waals surface area contributed by atoms with Crippen LogP contribution in [0.3, 0.4) is 0 Å². The van der Waals surface area contributed by atoms with E-state index in [2.05, 4.69) is 58.3 Å². The van der Waals surface area contributed by atoms with Gasteiger partial charge in [0.2, 0.25) is 5.91 Å². The number of nitrogens with one attached hydrogen (secondary N) is 1. The lowest BCUT2D eigenvalue weighted by Crippen LogP contribution is -2.40. The van der Waals surface area contributed by atoms with Crippen molar-refractivity contribution in [3.8, 4) is 0 Å². The van der Waals surface area contributed by atoms with Crippen LogP contribution < -0.4 is 11.1 Å². The summed E-state index contributed by atoms with van der Waals surface area (Å²) in [7, 11) is 3.91. The number of guanidine groups is 1. The summed E-state index contributed by atoms with van der Waals surface area (Å²) in [5, 5.41) is 3.47. The normalized spacial score (nSPS) is 15.6. The second-order valence-electron chi connectivity index (χ2n) is 7.73. The molecule has 0 aliphatic carbocycles. The number of hydrogen-bond acceptors (Lipinski definition) is 3. The molecule has 1 aromatic carbocycles. The Morgan fingerprint density at radius 3 is 2.38 bits per heavy atom. The first-order valence-electron chi connectivity index (χ1n) is 10.5. The topological polar surface area (TPSA) is 74.0 Å². The lowest BCUT2D eigenvalue weighted by molar-refractivity contribution is -0.123. The number of amides is 1. The van der Waals surface area contributed by atoms with Gasteiger partial charge in [0.25, 0.3) is 0 Å². The van der Waals surface area contributed by atoms with Gasteiger partial charge >= 0.3 is 0 Å². The number of nitrogens with zero attached hydrogens (tertiary/aromatic N) is 3. The first-order valence-corrected chi connectivity index (χ1v) is 10.5. The molecule has 1 fully saturated rings. The second-order valence-corrected chi connectivity index (χ2v) is 7.73. The Labute approximate surface area is 193 Å². The number of aliphatic imine (C=N–C) groups is 1. The predicted molar refractivity (Wildman–Crippen MR) is 132 cm³/mol. The molecule has 0 aromatic heterocycles. The molecule has 7 heteroatoms. The van der Waals surface area contributed by atoms with Crippen LogP contribution in [0.4, 0.5) is 0 Å². The van der Waals surface area contributed by atoms with Gasteiger partial charge in [-0.2, -0.15) is 0 Å². The molecular formula is C22H38IN5O. The van der Waals surface area contributed by atoms with Crippen LogP contribution in [0.25, 0.3) is 0 Å². The highest BCUT2D eigenvalue weighted by Crippen LogP contribution is 2.16. The highest BCUT2D eigenvalue weighted by atomic mass is 127. The number of benzene rings is 1. The van der Waals surface area contributed by atoms with Crippen LogP contribution in [0, 0.1) is 5.92 Å². The molecule has 0 atom stereocenters. The van der Waals surface area contributed by atoms with E-state index in [0.717, 1.165) is 70.8 Å². The maximum absolute atomic E-state index is 11.2. The molecular weight excluding hydrogens is 477 g/mol. The van der Waals surface area contributed by atoms with Crippen LogP contribution in [-0.4, -0.2) is 61.9 Å². The maximum atomic E-state index is 11.2. The Bertz CT molecular complexity index is 627. The number of halogens is 1. The summed E-state index contributed by atoms with van der Waals surface area (Å²) in [5.74, 6) is 0.873. The summed E-state index contributed by atoms with van der Waals surface area (Å²) in [6, 6.07) is 8.80. The van der Waals surface area contributed by atoms with Crippen molar-refractivity contribution < 1.29 is 4.79 Å². The van der Waals surface area contributed by atoms with E-state index in [1.54, 1.807) is 0 Å². The monoisotopic (exact) mass is 515 g/mol. The van der Waals surface area contributed by atoms with Gasteiger partial charge in [-0.05, 0) is 62.9 Å². The molecule has 0 radical (unpaired) electrons. The average molecular weight is 515 g/mol. The Balaban J connectivity index is 0.00000420. The van der Waals surface area contributed by atoms with E-state index in [0.29, 0.717) is 0 Å². The summed E-state index contributed by atoms with van der Waals surface area (Å²) in [6.07, 6.45) is 5.14. The number of likely N-dealkylation sites (tertiary alicyclic amines) is 1. The minimum Gasteiger partial charge on any atom is -0.369 e. The predicted octanol–water partition coefficient (Wildman–Crippen LogP) is 2.85. The molecule has 1 heterocycles. The molecule has 29 heavy (non-hydrogen) atoms. The minimum absolute atomic E-state index is 0. The van der Waals surface area contributed by atoms with Crippen LogP contribution in [0.2, 0.25) is 0 Å². The smallest absolute Gasteiger partial charge is 0.220 e. The standard InChI is InChI=1S/C22H37N5O.HI/c1-4-18-7-9-19(10-8-18)17-26(3)22(24-2)25-13-5-6-14-27-15-11-20(12-16-27)21(23)28;/h7-10,20H,4-6,11-17H2,1-3H3,(H2,23,28)(H,24,25);1H. The van der Waals surface area contributed by atoms with E-state index in [-0.39, 0.29) is 35.8 Å². The fraction of sp³-hybridized carbons (Fsp3) is 0.636. The first-order chi connectivity index (χ1) is 13.5. The molecule has 3 N–H and O–H groups in total. The molecule has 1 aliphatic heterocycles. The minimum atomic E-state index is -0.138. The number of carbonyl (C=O) groups is 1. The average Bonchev–Trinajstić information content (AvgIpc) is 2.71. The van der Waals surface area contributed by atoms with E-state index >= 15 is 0 Å². The van der Waals surface area contributed by atoms with Gasteiger partial charge < -0.3 is 20.9 Å². The van der Waals surface area contributed by atoms with Gasteiger partial charge in [-0.3, -0.25) is 9.79 Å². The molecule has 6 nitrogen and oxygen atoms in total. The van der Waals surface area contributed by atoms with Crippen molar-refractivity contribution in [3.63, 3.8) is 0 Å².